The highest BCUT2D eigenvalue weighted by Crippen LogP contribution is 2.31. The van der Waals surface area contributed by atoms with Gasteiger partial charge in [0.25, 0.3) is 0 Å². The summed E-state index contributed by atoms with van der Waals surface area (Å²) in [6.45, 7) is 5.71. The predicted octanol–water partition coefficient (Wildman–Crippen LogP) is 0.566. The molecule has 0 bridgehead atoms. The van der Waals surface area contributed by atoms with Crippen LogP contribution in [0, 0.1) is 0 Å². The van der Waals surface area contributed by atoms with Crippen molar-refractivity contribution in [1.29, 1.82) is 0 Å². The first-order valence-corrected chi connectivity index (χ1v) is 6.67. The molecule has 1 saturated heterocycles. The molecule has 2 rings (SSSR count). The number of rotatable bonds is 4. The van der Waals surface area contributed by atoms with E-state index in [9.17, 15) is 8.42 Å². The number of ether oxygens (including phenoxy) is 2. The summed E-state index contributed by atoms with van der Waals surface area (Å²) in [4.78, 5) is 0. The summed E-state index contributed by atoms with van der Waals surface area (Å²) in [6, 6.07) is 0. The van der Waals surface area contributed by atoms with Crippen molar-refractivity contribution < 1.29 is 17.9 Å². The Hall–Kier alpha value is -0.170. The molecule has 2 fully saturated rings. The van der Waals surface area contributed by atoms with Crippen molar-refractivity contribution in [3.8, 4) is 0 Å². The minimum Gasteiger partial charge on any atom is -0.343 e. The zero-order valence-electron chi connectivity index (χ0n) is 9.19. The molecule has 5 nitrogen and oxygen atoms in total. The predicted molar refractivity (Wildman–Crippen MR) is 54.6 cm³/mol. The first-order valence-electron chi connectivity index (χ1n) is 5.12. The van der Waals surface area contributed by atoms with Gasteiger partial charge in [-0.25, -0.2) is 8.42 Å². The lowest BCUT2D eigenvalue weighted by molar-refractivity contribution is -0.0570. The van der Waals surface area contributed by atoms with E-state index in [4.69, 9.17) is 9.47 Å². The second-order valence-electron chi connectivity index (χ2n) is 5.02. The molecule has 2 aliphatic rings. The molecule has 0 amide bonds. The molecule has 2 unspecified atom stereocenters. The Morgan fingerprint density at radius 3 is 2.40 bits per heavy atom. The molecule has 0 radical (unpaired) electrons. The van der Waals surface area contributed by atoms with Crippen LogP contribution in [0.1, 0.15) is 33.6 Å². The molecule has 0 aromatic carbocycles. The molecule has 0 spiro atoms. The molecule has 15 heavy (non-hydrogen) atoms. The first kappa shape index (κ1) is 11.3. The Bertz CT molecular complexity index is 342. The molecule has 1 saturated carbocycles. The summed E-state index contributed by atoms with van der Waals surface area (Å²) in [6.07, 6.45) is 0.591. The Kier molecular flexibility index (Phi) is 2.57. The van der Waals surface area contributed by atoms with Crippen LogP contribution in [0.4, 0.5) is 0 Å². The average Bonchev–Trinajstić information content (AvgIpc) is 2.79. The van der Waals surface area contributed by atoms with Gasteiger partial charge in [-0.1, -0.05) is 0 Å². The molecule has 88 valence electrons. The van der Waals surface area contributed by atoms with Crippen LogP contribution < -0.4 is 4.72 Å². The molecular formula is C9H17NO4S. The SMILES string of the molecule is CC(C)(C)OC1OC1NS(=O)(=O)C1CC1. The minimum atomic E-state index is -3.17. The minimum absolute atomic E-state index is 0.211. The number of epoxide rings is 1. The number of nitrogens with one attached hydrogen (secondary N) is 1. The van der Waals surface area contributed by atoms with Gasteiger partial charge in [-0.15, -0.1) is 0 Å². The Morgan fingerprint density at radius 2 is 1.93 bits per heavy atom. The number of hydrogen-bond acceptors (Lipinski definition) is 4. The average molecular weight is 235 g/mol. The van der Waals surface area contributed by atoms with Crippen molar-refractivity contribution in [2.24, 2.45) is 0 Å². The van der Waals surface area contributed by atoms with Crippen LogP contribution in [0.5, 0.6) is 0 Å². The van der Waals surface area contributed by atoms with E-state index in [0.717, 1.165) is 12.8 Å². The monoisotopic (exact) mass is 235 g/mol. The number of hydrogen-bond donors (Lipinski definition) is 1. The molecule has 0 aromatic rings. The molecule has 1 aliphatic carbocycles. The normalized spacial score (nSPS) is 31.7. The van der Waals surface area contributed by atoms with Gasteiger partial charge in [0.2, 0.25) is 16.3 Å². The van der Waals surface area contributed by atoms with E-state index >= 15 is 0 Å². The summed E-state index contributed by atoms with van der Waals surface area (Å²) in [5, 5.41) is -0.211. The summed E-state index contributed by atoms with van der Waals surface area (Å²) in [5.74, 6) is 0. The fraction of sp³-hybridized carbons (Fsp3) is 1.00. The van der Waals surface area contributed by atoms with Crippen molar-refractivity contribution in [1.82, 2.24) is 4.72 Å². The van der Waals surface area contributed by atoms with Crippen LogP contribution in [0.25, 0.3) is 0 Å². The largest absolute Gasteiger partial charge is 0.343 e. The van der Waals surface area contributed by atoms with E-state index in [-0.39, 0.29) is 10.9 Å². The molecule has 1 N–H and O–H groups in total. The maximum absolute atomic E-state index is 11.5. The standard InChI is InChI=1S/C9H17NO4S/c1-9(2,3)14-8-7(13-8)10-15(11,12)6-4-5-6/h6-8,10H,4-5H2,1-3H3. The van der Waals surface area contributed by atoms with Gasteiger partial charge < -0.3 is 9.47 Å². The number of sulfonamides is 1. The maximum Gasteiger partial charge on any atom is 0.216 e. The highest BCUT2D eigenvalue weighted by Gasteiger charge is 2.48. The molecular weight excluding hydrogens is 218 g/mol. The first-order chi connectivity index (χ1) is 6.78. The van der Waals surface area contributed by atoms with E-state index in [0.29, 0.717) is 0 Å². The summed E-state index contributed by atoms with van der Waals surface area (Å²) in [5.41, 5.74) is -0.315. The quantitative estimate of drug-likeness (QED) is 0.723. The van der Waals surface area contributed by atoms with Crippen LogP contribution in [0.2, 0.25) is 0 Å². The van der Waals surface area contributed by atoms with E-state index < -0.39 is 22.5 Å². The zero-order chi connectivity index (χ0) is 11.3. The lowest BCUT2D eigenvalue weighted by atomic mass is 10.2. The van der Waals surface area contributed by atoms with Crippen LogP contribution in [0.15, 0.2) is 0 Å². The lowest BCUT2D eigenvalue weighted by Crippen LogP contribution is -2.33. The Labute approximate surface area is 90.2 Å². The molecule has 0 aromatic heterocycles. The van der Waals surface area contributed by atoms with Crippen molar-refractivity contribution in [2.45, 2.75) is 57.0 Å². The van der Waals surface area contributed by atoms with Gasteiger partial charge in [0.05, 0.1) is 10.9 Å². The molecule has 1 aliphatic heterocycles. The summed E-state index contributed by atoms with van der Waals surface area (Å²) < 4.78 is 36.1. The lowest BCUT2D eigenvalue weighted by Gasteiger charge is -2.17. The highest BCUT2D eigenvalue weighted by atomic mass is 32.2. The van der Waals surface area contributed by atoms with E-state index in [2.05, 4.69) is 4.72 Å². The highest BCUT2D eigenvalue weighted by molar-refractivity contribution is 7.90. The van der Waals surface area contributed by atoms with Gasteiger partial charge in [0.1, 0.15) is 0 Å². The van der Waals surface area contributed by atoms with Gasteiger partial charge in [-0.05, 0) is 33.6 Å². The Morgan fingerprint density at radius 1 is 1.33 bits per heavy atom. The van der Waals surface area contributed by atoms with Crippen molar-refractivity contribution >= 4 is 10.0 Å². The van der Waals surface area contributed by atoms with Crippen molar-refractivity contribution in [3.63, 3.8) is 0 Å². The fourth-order valence-electron chi connectivity index (χ4n) is 1.26. The third-order valence-corrected chi connectivity index (χ3v) is 4.07. The maximum atomic E-state index is 11.5. The summed E-state index contributed by atoms with van der Waals surface area (Å²) in [7, 11) is -3.17. The molecule has 6 heteroatoms. The Balaban J connectivity index is 1.80. The van der Waals surface area contributed by atoms with E-state index in [1.807, 2.05) is 20.8 Å². The van der Waals surface area contributed by atoms with Gasteiger partial charge in [0, 0.05) is 0 Å². The third-order valence-electron chi connectivity index (χ3n) is 2.16. The smallest absolute Gasteiger partial charge is 0.216 e. The van der Waals surface area contributed by atoms with E-state index in [1.165, 1.54) is 0 Å². The fourth-order valence-corrected chi connectivity index (χ4v) is 2.70. The van der Waals surface area contributed by atoms with Gasteiger partial charge in [0.15, 0.2) is 6.23 Å². The van der Waals surface area contributed by atoms with E-state index in [1.54, 1.807) is 0 Å². The van der Waals surface area contributed by atoms with Crippen molar-refractivity contribution in [3.05, 3.63) is 0 Å². The van der Waals surface area contributed by atoms with Gasteiger partial charge >= 0.3 is 0 Å². The zero-order valence-corrected chi connectivity index (χ0v) is 10.0. The van der Waals surface area contributed by atoms with Crippen molar-refractivity contribution in [2.75, 3.05) is 0 Å². The van der Waals surface area contributed by atoms with Gasteiger partial charge in [-0.3, -0.25) is 0 Å². The van der Waals surface area contributed by atoms with Crippen LogP contribution >= 0.6 is 0 Å². The van der Waals surface area contributed by atoms with Crippen LogP contribution in [-0.4, -0.2) is 31.8 Å². The summed E-state index contributed by atoms with van der Waals surface area (Å²) >= 11 is 0. The molecule has 2 atom stereocenters. The van der Waals surface area contributed by atoms with Gasteiger partial charge in [-0.2, -0.15) is 4.72 Å². The molecule has 1 heterocycles. The second-order valence-corrected chi connectivity index (χ2v) is 7.01. The second kappa shape index (κ2) is 3.41. The van der Waals surface area contributed by atoms with Crippen LogP contribution in [-0.2, 0) is 19.5 Å². The van der Waals surface area contributed by atoms with Crippen LogP contribution in [0.3, 0.4) is 0 Å². The third kappa shape index (κ3) is 3.14. The topological polar surface area (TPSA) is 67.9 Å².